The summed E-state index contributed by atoms with van der Waals surface area (Å²) < 4.78 is 11.2. The Bertz CT molecular complexity index is 530. The van der Waals surface area contributed by atoms with Crippen molar-refractivity contribution in [3.05, 3.63) is 34.5 Å². The Hall–Kier alpha value is -1.29. The third kappa shape index (κ3) is 1.97. The quantitative estimate of drug-likeness (QED) is 0.792. The molecular weight excluding hydrogens is 272 g/mol. The largest absolute Gasteiger partial charge is 0.468 e. The van der Waals surface area contributed by atoms with Gasteiger partial charge in [-0.15, -0.1) is 0 Å². The highest BCUT2D eigenvalue weighted by molar-refractivity contribution is 9.10. The van der Waals surface area contributed by atoms with Crippen LogP contribution in [-0.4, -0.2) is 13.1 Å². The molecule has 0 saturated carbocycles. The Morgan fingerprint density at radius 3 is 2.88 bits per heavy atom. The third-order valence-corrected chi connectivity index (χ3v) is 2.97. The summed E-state index contributed by atoms with van der Waals surface area (Å²) in [7, 11) is 1.37. The summed E-state index contributed by atoms with van der Waals surface area (Å²) in [5.74, 6) is -0.0470. The zero-order valence-electron chi connectivity index (χ0n) is 8.99. The van der Waals surface area contributed by atoms with Gasteiger partial charge in [-0.3, -0.25) is 4.79 Å². The highest BCUT2D eigenvalue weighted by Crippen LogP contribution is 2.27. The van der Waals surface area contributed by atoms with Gasteiger partial charge in [-0.25, -0.2) is 0 Å². The van der Waals surface area contributed by atoms with E-state index in [1.807, 2.05) is 24.3 Å². The summed E-state index contributed by atoms with van der Waals surface area (Å²) in [5.41, 5.74) is 0.772. The second-order valence-electron chi connectivity index (χ2n) is 3.58. The van der Waals surface area contributed by atoms with Crippen molar-refractivity contribution < 1.29 is 13.9 Å². The number of carbonyl (C=O) groups excluding carboxylic acids is 1. The molecular formula is C12H11BrO3. The number of methoxy groups -OCH3 is 1. The topological polar surface area (TPSA) is 39.4 Å². The van der Waals surface area contributed by atoms with Crippen LogP contribution in [0, 0.1) is 0 Å². The van der Waals surface area contributed by atoms with E-state index < -0.39 is 0 Å². The van der Waals surface area contributed by atoms with Gasteiger partial charge in [0.2, 0.25) is 0 Å². The zero-order valence-corrected chi connectivity index (χ0v) is 10.6. The lowest BCUT2D eigenvalue weighted by atomic mass is 10.1. The first kappa shape index (κ1) is 11.2. The molecule has 0 spiro atoms. The average Bonchev–Trinajstić information content (AvgIpc) is 2.69. The van der Waals surface area contributed by atoms with E-state index in [9.17, 15) is 4.79 Å². The summed E-state index contributed by atoms with van der Waals surface area (Å²) in [5, 5.41) is 0.972. The van der Waals surface area contributed by atoms with Gasteiger partial charge >= 0.3 is 5.97 Å². The number of fused-ring (bicyclic) bond motifs is 1. The van der Waals surface area contributed by atoms with Crippen LogP contribution in [0.1, 0.15) is 18.6 Å². The van der Waals surface area contributed by atoms with Crippen LogP contribution >= 0.6 is 15.9 Å². The molecule has 84 valence electrons. The third-order valence-electron chi connectivity index (χ3n) is 2.48. The fourth-order valence-corrected chi connectivity index (χ4v) is 1.92. The highest BCUT2D eigenvalue weighted by Gasteiger charge is 2.19. The van der Waals surface area contributed by atoms with E-state index in [2.05, 4.69) is 20.7 Å². The molecule has 0 aliphatic rings. The minimum absolute atomic E-state index is 0.293. The first-order chi connectivity index (χ1) is 7.61. The lowest BCUT2D eigenvalue weighted by Gasteiger charge is -2.04. The molecule has 1 unspecified atom stereocenters. The molecule has 2 rings (SSSR count). The normalized spacial score (nSPS) is 12.7. The molecule has 16 heavy (non-hydrogen) atoms. The van der Waals surface area contributed by atoms with Gasteiger partial charge in [-0.05, 0) is 31.2 Å². The fraction of sp³-hybridized carbons (Fsp3) is 0.250. The van der Waals surface area contributed by atoms with E-state index in [1.54, 1.807) is 6.92 Å². The van der Waals surface area contributed by atoms with Crippen LogP contribution in [0.2, 0.25) is 0 Å². The maximum atomic E-state index is 11.4. The van der Waals surface area contributed by atoms with Gasteiger partial charge in [0, 0.05) is 9.86 Å². The van der Waals surface area contributed by atoms with E-state index in [4.69, 9.17) is 4.42 Å². The van der Waals surface area contributed by atoms with E-state index in [0.29, 0.717) is 5.76 Å². The molecule has 1 atom stereocenters. The number of hydrogen-bond donors (Lipinski definition) is 0. The van der Waals surface area contributed by atoms with Crippen LogP contribution in [0.15, 0.2) is 33.2 Å². The molecule has 0 saturated heterocycles. The van der Waals surface area contributed by atoms with Gasteiger partial charge in [0.1, 0.15) is 17.3 Å². The maximum absolute atomic E-state index is 11.4. The number of ether oxygens (including phenoxy) is 1. The van der Waals surface area contributed by atoms with E-state index in [1.165, 1.54) is 7.11 Å². The van der Waals surface area contributed by atoms with Crippen molar-refractivity contribution in [2.24, 2.45) is 0 Å². The number of carbonyl (C=O) groups is 1. The molecule has 1 aromatic heterocycles. The molecule has 2 aromatic rings. The minimum atomic E-state index is -0.379. The predicted molar refractivity (Wildman–Crippen MR) is 64.3 cm³/mol. The highest BCUT2D eigenvalue weighted by atomic mass is 79.9. The number of esters is 1. The average molecular weight is 283 g/mol. The zero-order chi connectivity index (χ0) is 11.7. The molecule has 0 fully saturated rings. The molecule has 0 aliphatic heterocycles. The van der Waals surface area contributed by atoms with Crippen molar-refractivity contribution in [1.82, 2.24) is 0 Å². The van der Waals surface area contributed by atoms with Crippen molar-refractivity contribution in [2.75, 3.05) is 7.11 Å². The SMILES string of the molecule is COC(=O)C(C)c1cc2cc(Br)ccc2o1. The first-order valence-electron chi connectivity index (χ1n) is 4.88. The summed E-state index contributed by atoms with van der Waals surface area (Å²) >= 11 is 3.39. The van der Waals surface area contributed by atoms with E-state index in [-0.39, 0.29) is 11.9 Å². The second kappa shape index (κ2) is 4.29. The van der Waals surface area contributed by atoms with Crippen LogP contribution in [0.5, 0.6) is 0 Å². The van der Waals surface area contributed by atoms with Crippen molar-refractivity contribution in [2.45, 2.75) is 12.8 Å². The number of benzene rings is 1. The Balaban J connectivity index is 2.43. The Morgan fingerprint density at radius 2 is 2.19 bits per heavy atom. The van der Waals surface area contributed by atoms with Crippen LogP contribution < -0.4 is 0 Å². The lowest BCUT2D eigenvalue weighted by Crippen LogP contribution is -2.09. The van der Waals surface area contributed by atoms with Gasteiger partial charge in [-0.1, -0.05) is 15.9 Å². The number of furan rings is 1. The summed E-state index contributed by atoms with van der Waals surface area (Å²) in [6.07, 6.45) is 0. The van der Waals surface area contributed by atoms with Crippen molar-refractivity contribution in [3.63, 3.8) is 0 Å². The molecule has 3 nitrogen and oxygen atoms in total. The molecule has 1 heterocycles. The van der Waals surface area contributed by atoms with Crippen LogP contribution in [0.25, 0.3) is 11.0 Å². The Morgan fingerprint density at radius 1 is 1.44 bits per heavy atom. The van der Waals surface area contributed by atoms with Gasteiger partial charge in [0.15, 0.2) is 0 Å². The molecule has 0 bridgehead atoms. The van der Waals surface area contributed by atoms with Gasteiger partial charge in [0.25, 0.3) is 0 Å². The van der Waals surface area contributed by atoms with Gasteiger partial charge in [0.05, 0.1) is 7.11 Å². The standard InChI is InChI=1S/C12H11BrO3/c1-7(12(14)15-2)11-6-8-5-9(13)3-4-10(8)16-11/h3-7H,1-2H3. The number of halogens is 1. The van der Waals surface area contributed by atoms with Gasteiger partial charge < -0.3 is 9.15 Å². The predicted octanol–water partition coefficient (Wildman–Crippen LogP) is 3.47. The summed E-state index contributed by atoms with van der Waals surface area (Å²) in [4.78, 5) is 11.4. The smallest absolute Gasteiger partial charge is 0.316 e. The fourth-order valence-electron chi connectivity index (χ4n) is 1.54. The second-order valence-corrected chi connectivity index (χ2v) is 4.49. The molecule has 0 radical (unpaired) electrons. The molecule has 0 amide bonds. The number of rotatable bonds is 2. The lowest BCUT2D eigenvalue weighted by molar-refractivity contribution is -0.142. The van der Waals surface area contributed by atoms with Crippen LogP contribution in [0.4, 0.5) is 0 Å². The molecule has 4 heteroatoms. The van der Waals surface area contributed by atoms with E-state index in [0.717, 1.165) is 15.4 Å². The summed E-state index contributed by atoms with van der Waals surface area (Å²) in [6.45, 7) is 1.76. The minimum Gasteiger partial charge on any atom is -0.468 e. The van der Waals surface area contributed by atoms with Crippen LogP contribution in [0.3, 0.4) is 0 Å². The van der Waals surface area contributed by atoms with Crippen molar-refractivity contribution in [3.8, 4) is 0 Å². The van der Waals surface area contributed by atoms with Crippen molar-refractivity contribution in [1.29, 1.82) is 0 Å². The Labute approximate surface area is 102 Å². The van der Waals surface area contributed by atoms with Crippen molar-refractivity contribution >= 4 is 32.9 Å². The molecule has 1 aromatic carbocycles. The maximum Gasteiger partial charge on any atom is 0.316 e. The molecule has 0 N–H and O–H groups in total. The van der Waals surface area contributed by atoms with Gasteiger partial charge in [-0.2, -0.15) is 0 Å². The van der Waals surface area contributed by atoms with E-state index >= 15 is 0 Å². The van der Waals surface area contributed by atoms with Crippen LogP contribution in [-0.2, 0) is 9.53 Å². The Kier molecular flexibility index (Phi) is 3.01. The summed E-state index contributed by atoms with van der Waals surface area (Å²) in [6, 6.07) is 7.58. The first-order valence-corrected chi connectivity index (χ1v) is 5.68. The monoisotopic (exact) mass is 282 g/mol. The number of hydrogen-bond acceptors (Lipinski definition) is 3. The molecule has 0 aliphatic carbocycles.